The summed E-state index contributed by atoms with van der Waals surface area (Å²) < 4.78 is 0. The van der Waals surface area contributed by atoms with Gasteiger partial charge in [0.2, 0.25) is 11.9 Å². The average Bonchev–Trinajstić information content (AvgIpc) is 2.53. The van der Waals surface area contributed by atoms with Gasteiger partial charge in [-0.25, -0.2) is 19.9 Å². The van der Waals surface area contributed by atoms with Crippen LogP contribution in [0.25, 0.3) is 10.9 Å². The number of benzene rings is 1. The molecule has 1 aromatic carbocycles. The molecule has 0 amide bonds. The Morgan fingerprint density at radius 1 is 0.926 bits per heavy atom. The number of hydrogen-bond donors (Lipinski definition) is 1. The Morgan fingerprint density at radius 3 is 2.41 bits per heavy atom. The summed E-state index contributed by atoms with van der Waals surface area (Å²) in [5, 5.41) is 4.17. The topological polar surface area (TPSA) is 80.7 Å². The van der Waals surface area contributed by atoms with Crippen LogP contribution in [0.3, 0.4) is 0 Å². The predicted molar refractivity (Wildman–Crippen MR) is 105 cm³/mol. The van der Waals surface area contributed by atoms with Gasteiger partial charge in [0.1, 0.15) is 0 Å². The molecule has 0 unspecified atom stereocenters. The molecule has 0 spiro atoms. The molecule has 27 heavy (non-hydrogen) atoms. The van der Waals surface area contributed by atoms with Crippen LogP contribution in [0.15, 0.2) is 18.2 Å². The van der Waals surface area contributed by atoms with Gasteiger partial charge in [-0.15, -0.1) is 0 Å². The van der Waals surface area contributed by atoms with Crippen molar-refractivity contribution in [3.05, 3.63) is 46.4 Å². The first-order valence-corrected chi connectivity index (χ1v) is 9.15. The number of rotatable bonds is 2. The van der Waals surface area contributed by atoms with E-state index in [4.69, 9.17) is 0 Å². The molecular weight excluding hydrogens is 338 g/mol. The van der Waals surface area contributed by atoms with Gasteiger partial charge in [0.15, 0.2) is 5.78 Å². The lowest BCUT2D eigenvalue weighted by Gasteiger charge is -2.30. The van der Waals surface area contributed by atoms with Gasteiger partial charge >= 0.3 is 0 Å². The van der Waals surface area contributed by atoms with Crippen molar-refractivity contribution in [2.75, 3.05) is 5.32 Å². The summed E-state index contributed by atoms with van der Waals surface area (Å²) in [6.45, 7) is 10.1. The highest BCUT2D eigenvalue weighted by atomic mass is 16.1. The molecular formula is C21H23N5O. The molecule has 3 aromatic rings. The zero-order valence-electron chi connectivity index (χ0n) is 16.3. The van der Waals surface area contributed by atoms with Crippen molar-refractivity contribution in [3.63, 3.8) is 0 Å². The largest absolute Gasteiger partial charge is 0.294 e. The Labute approximate surface area is 158 Å². The van der Waals surface area contributed by atoms with E-state index in [-0.39, 0.29) is 11.2 Å². The molecule has 2 heterocycles. The minimum Gasteiger partial charge on any atom is -0.294 e. The number of aryl methyl sites for hydroxylation is 3. The minimum absolute atomic E-state index is 0.0873. The summed E-state index contributed by atoms with van der Waals surface area (Å²) >= 11 is 0. The summed E-state index contributed by atoms with van der Waals surface area (Å²) in [4.78, 5) is 30.7. The molecule has 0 saturated carbocycles. The predicted octanol–water partition coefficient (Wildman–Crippen LogP) is 4.24. The van der Waals surface area contributed by atoms with E-state index < -0.39 is 0 Å². The minimum atomic E-state index is -0.0873. The molecule has 138 valence electrons. The first kappa shape index (κ1) is 17.5. The van der Waals surface area contributed by atoms with Crippen LogP contribution in [0, 0.1) is 26.2 Å². The van der Waals surface area contributed by atoms with Gasteiger partial charge in [-0.3, -0.25) is 10.1 Å². The Kier molecular flexibility index (Phi) is 3.94. The van der Waals surface area contributed by atoms with Gasteiger partial charge in [0.05, 0.1) is 28.2 Å². The fraction of sp³-hybridized carbons (Fsp3) is 0.381. The number of ketones is 1. The third kappa shape index (κ3) is 3.27. The lowest BCUT2D eigenvalue weighted by Crippen LogP contribution is -2.29. The molecule has 0 atom stereocenters. The van der Waals surface area contributed by atoms with Crippen molar-refractivity contribution in [2.45, 2.75) is 47.5 Å². The van der Waals surface area contributed by atoms with Crippen molar-refractivity contribution < 1.29 is 4.79 Å². The van der Waals surface area contributed by atoms with Crippen molar-refractivity contribution >= 4 is 28.6 Å². The van der Waals surface area contributed by atoms with E-state index in [0.29, 0.717) is 29.6 Å². The fourth-order valence-electron chi connectivity index (χ4n) is 3.77. The first-order valence-electron chi connectivity index (χ1n) is 9.15. The molecule has 6 heteroatoms. The number of carbonyl (C=O) groups is 1. The zero-order chi connectivity index (χ0) is 19.3. The van der Waals surface area contributed by atoms with Crippen LogP contribution in [0.4, 0.5) is 11.9 Å². The first-order chi connectivity index (χ1) is 12.7. The van der Waals surface area contributed by atoms with E-state index >= 15 is 0 Å². The smallest absolute Gasteiger partial charge is 0.230 e. The zero-order valence-corrected chi connectivity index (χ0v) is 16.3. The summed E-state index contributed by atoms with van der Waals surface area (Å²) in [6, 6.07) is 6.11. The van der Waals surface area contributed by atoms with Gasteiger partial charge in [-0.05, 0) is 44.7 Å². The lowest BCUT2D eigenvalue weighted by molar-refractivity contribution is 0.0909. The molecule has 1 aliphatic carbocycles. The fourth-order valence-corrected chi connectivity index (χ4v) is 3.77. The number of Topliss-reactive ketones (excluding diaryl/α,β-unsaturated/α-hetero) is 1. The molecule has 0 radical (unpaired) electrons. The molecule has 0 bridgehead atoms. The van der Waals surface area contributed by atoms with Gasteiger partial charge in [-0.1, -0.05) is 25.5 Å². The van der Waals surface area contributed by atoms with Crippen LogP contribution in [0.2, 0.25) is 0 Å². The molecule has 1 aliphatic rings. The second-order valence-electron chi connectivity index (χ2n) is 8.17. The summed E-state index contributed by atoms with van der Waals surface area (Å²) in [5.74, 6) is 1.02. The number of aromatic nitrogens is 4. The number of nitrogens with one attached hydrogen (secondary N) is 1. The second kappa shape index (κ2) is 6.08. The van der Waals surface area contributed by atoms with Gasteiger partial charge in [0, 0.05) is 11.8 Å². The molecule has 4 rings (SSSR count). The van der Waals surface area contributed by atoms with Crippen molar-refractivity contribution in [1.29, 1.82) is 0 Å². The molecule has 1 N–H and O–H groups in total. The van der Waals surface area contributed by atoms with Crippen LogP contribution in [0.5, 0.6) is 0 Å². The van der Waals surface area contributed by atoms with Crippen LogP contribution < -0.4 is 5.32 Å². The number of nitrogens with zero attached hydrogens (tertiary/aromatic N) is 4. The maximum atomic E-state index is 12.5. The van der Waals surface area contributed by atoms with E-state index in [9.17, 15) is 4.79 Å². The molecule has 0 fully saturated rings. The molecule has 6 nitrogen and oxygen atoms in total. The highest BCUT2D eigenvalue weighted by Crippen LogP contribution is 2.35. The average molecular weight is 361 g/mol. The standard InChI is InChI=1S/C21H23N5O/c1-11-6-7-15-14(8-11)12(2)22-19(24-15)26-20-23-13(3)18-16(25-20)9-21(4,5)10-17(18)27/h6-8H,9-10H2,1-5H3,(H,22,23,24,25,26). The van der Waals surface area contributed by atoms with Crippen LogP contribution in [-0.4, -0.2) is 25.7 Å². The number of anilines is 2. The summed E-state index contributed by atoms with van der Waals surface area (Å²) in [6.07, 6.45) is 1.28. The van der Waals surface area contributed by atoms with E-state index in [1.807, 2.05) is 26.0 Å². The Hall–Kier alpha value is -2.89. The number of hydrogen-bond acceptors (Lipinski definition) is 6. The van der Waals surface area contributed by atoms with Gasteiger partial charge in [-0.2, -0.15) is 0 Å². The highest BCUT2D eigenvalue weighted by Gasteiger charge is 2.33. The normalized spacial score (nSPS) is 15.7. The number of fused-ring (bicyclic) bond motifs is 2. The van der Waals surface area contributed by atoms with Crippen LogP contribution in [-0.2, 0) is 6.42 Å². The lowest BCUT2D eigenvalue weighted by atomic mass is 9.75. The van der Waals surface area contributed by atoms with Crippen molar-refractivity contribution in [3.8, 4) is 0 Å². The van der Waals surface area contributed by atoms with Gasteiger partial charge in [0.25, 0.3) is 0 Å². The maximum Gasteiger partial charge on any atom is 0.230 e. The van der Waals surface area contributed by atoms with E-state index in [1.54, 1.807) is 0 Å². The second-order valence-corrected chi connectivity index (χ2v) is 8.17. The Morgan fingerprint density at radius 2 is 1.63 bits per heavy atom. The van der Waals surface area contributed by atoms with E-state index in [0.717, 1.165) is 28.7 Å². The van der Waals surface area contributed by atoms with E-state index in [1.165, 1.54) is 5.56 Å². The quantitative estimate of drug-likeness (QED) is 0.735. The Bertz CT molecular complexity index is 1090. The highest BCUT2D eigenvalue weighted by molar-refractivity contribution is 5.99. The monoisotopic (exact) mass is 361 g/mol. The third-order valence-corrected chi connectivity index (χ3v) is 4.99. The summed E-state index contributed by atoms with van der Waals surface area (Å²) in [7, 11) is 0. The van der Waals surface area contributed by atoms with Crippen molar-refractivity contribution in [2.24, 2.45) is 5.41 Å². The maximum absolute atomic E-state index is 12.5. The van der Waals surface area contributed by atoms with Crippen molar-refractivity contribution in [1.82, 2.24) is 19.9 Å². The third-order valence-electron chi connectivity index (χ3n) is 4.99. The van der Waals surface area contributed by atoms with E-state index in [2.05, 4.69) is 52.1 Å². The van der Waals surface area contributed by atoms with Crippen LogP contribution >= 0.6 is 0 Å². The van der Waals surface area contributed by atoms with Crippen LogP contribution in [0.1, 0.15) is 53.3 Å². The summed E-state index contributed by atoms with van der Waals surface area (Å²) in [5.41, 5.74) is 5.05. The molecule has 0 saturated heterocycles. The number of carbonyl (C=O) groups excluding carboxylic acids is 1. The SMILES string of the molecule is Cc1ccc2nc(Nc3nc(C)c4c(n3)CC(C)(C)CC4=O)nc(C)c2c1. The Balaban J connectivity index is 1.73. The molecule has 2 aromatic heterocycles. The molecule has 0 aliphatic heterocycles. The van der Waals surface area contributed by atoms with Gasteiger partial charge < -0.3 is 0 Å².